The number of aliphatic hydroxyl groups is 1. The van der Waals surface area contributed by atoms with Crippen molar-refractivity contribution in [2.24, 2.45) is 5.92 Å². The molecule has 1 aliphatic rings. The first kappa shape index (κ1) is 15.8. The van der Waals surface area contributed by atoms with Gasteiger partial charge in [-0.3, -0.25) is 0 Å². The Balaban J connectivity index is 2.18. The van der Waals surface area contributed by atoms with Gasteiger partial charge < -0.3 is 5.11 Å². The third kappa shape index (κ3) is 3.17. The molecule has 2 atom stereocenters. The zero-order valence-electron chi connectivity index (χ0n) is 11.7. The molecule has 0 amide bonds. The molecule has 0 bridgehead atoms. The summed E-state index contributed by atoms with van der Waals surface area (Å²) in [5.41, 5.74) is 0.847. The van der Waals surface area contributed by atoms with Crippen LogP contribution < -0.4 is 0 Å². The molecule has 0 heterocycles. The van der Waals surface area contributed by atoms with E-state index in [1.54, 1.807) is 19.2 Å². The molecule has 6 heteroatoms. The molecule has 2 rings (SSSR count). The van der Waals surface area contributed by atoms with Crippen LogP contribution in [-0.2, 0) is 10.0 Å². The Kier molecular flexibility index (Phi) is 4.74. The average Bonchev–Trinajstić information content (AvgIpc) is 2.78. The largest absolute Gasteiger partial charge is 0.393 e. The van der Waals surface area contributed by atoms with Crippen molar-refractivity contribution in [3.05, 3.63) is 28.8 Å². The summed E-state index contributed by atoms with van der Waals surface area (Å²) in [5.74, 6) is 0.0238. The predicted octanol–water partition coefficient (Wildman–Crippen LogP) is 2.43. The molecule has 112 valence electrons. The molecule has 1 saturated carbocycles. The smallest absolute Gasteiger partial charge is 0.242 e. The second-order valence-corrected chi connectivity index (χ2v) is 7.91. The summed E-state index contributed by atoms with van der Waals surface area (Å²) in [6, 6.07) is 4.75. The number of aliphatic hydroxyl groups excluding tert-OH is 1. The highest BCUT2D eigenvalue weighted by molar-refractivity contribution is 7.89. The van der Waals surface area contributed by atoms with Crippen LogP contribution in [0.3, 0.4) is 0 Å². The minimum atomic E-state index is -3.55. The van der Waals surface area contributed by atoms with Gasteiger partial charge in [0.2, 0.25) is 10.0 Å². The average molecular weight is 318 g/mol. The molecule has 1 N–H and O–H groups in total. The standard InChI is InChI=1S/C14H20ClNO3S/c1-10-6-7-12(8-13(10)15)20(18,19)16(2)9-11-4-3-5-14(11)17/h6-8,11,14,17H,3-5,9H2,1-2H3. The van der Waals surface area contributed by atoms with Gasteiger partial charge in [0.15, 0.2) is 0 Å². The molecule has 2 unspecified atom stereocenters. The van der Waals surface area contributed by atoms with Crippen molar-refractivity contribution in [1.82, 2.24) is 4.31 Å². The molecule has 1 aromatic rings. The molecular formula is C14H20ClNO3S. The van der Waals surface area contributed by atoms with Crippen molar-refractivity contribution >= 4 is 21.6 Å². The molecule has 1 aromatic carbocycles. The first-order valence-electron chi connectivity index (χ1n) is 6.73. The summed E-state index contributed by atoms with van der Waals surface area (Å²) in [4.78, 5) is 0.197. The lowest BCUT2D eigenvalue weighted by atomic mass is 10.1. The first-order valence-corrected chi connectivity index (χ1v) is 8.54. The zero-order chi connectivity index (χ0) is 14.9. The van der Waals surface area contributed by atoms with Gasteiger partial charge in [0.25, 0.3) is 0 Å². The lowest BCUT2D eigenvalue weighted by molar-refractivity contribution is 0.123. The SMILES string of the molecule is Cc1ccc(S(=O)(=O)N(C)CC2CCCC2O)cc1Cl. The fourth-order valence-electron chi connectivity index (χ4n) is 2.57. The van der Waals surface area contributed by atoms with E-state index in [9.17, 15) is 13.5 Å². The molecule has 4 nitrogen and oxygen atoms in total. The van der Waals surface area contributed by atoms with Gasteiger partial charge in [-0.1, -0.05) is 24.1 Å². The topological polar surface area (TPSA) is 57.6 Å². The van der Waals surface area contributed by atoms with E-state index in [1.165, 1.54) is 10.4 Å². The van der Waals surface area contributed by atoms with Crippen LogP contribution in [0.4, 0.5) is 0 Å². The number of aryl methyl sites for hydroxylation is 1. The van der Waals surface area contributed by atoms with E-state index in [2.05, 4.69) is 0 Å². The molecular weight excluding hydrogens is 298 g/mol. The summed E-state index contributed by atoms with van der Waals surface area (Å²) < 4.78 is 26.3. The molecule has 0 radical (unpaired) electrons. The van der Waals surface area contributed by atoms with Gasteiger partial charge >= 0.3 is 0 Å². The van der Waals surface area contributed by atoms with Gasteiger partial charge in [0, 0.05) is 18.6 Å². The predicted molar refractivity (Wildman–Crippen MR) is 79.4 cm³/mol. The number of hydrogen-bond acceptors (Lipinski definition) is 3. The Morgan fingerprint density at radius 1 is 1.40 bits per heavy atom. The van der Waals surface area contributed by atoms with Crippen LogP contribution in [0.2, 0.25) is 5.02 Å². The van der Waals surface area contributed by atoms with Crippen LogP contribution in [0.1, 0.15) is 24.8 Å². The van der Waals surface area contributed by atoms with Gasteiger partial charge in [-0.2, -0.15) is 0 Å². The van der Waals surface area contributed by atoms with Gasteiger partial charge in [-0.25, -0.2) is 12.7 Å². The van der Waals surface area contributed by atoms with Crippen LogP contribution in [0.25, 0.3) is 0 Å². The monoisotopic (exact) mass is 317 g/mol. The number of sulfonamides is 1. The van der Waals surface area contributed by atoms with E-state index in [0.29, 0.717) is 11.6 Å². The second-order valence-electron chi connectivity index (χ2n) is 5.45. The Morgan fingerprint density at radius 3 is 2.65 bits per heavy atom. The fourth-order valence-corrected chi connectivity index (χ4v) is 4.07. The van der Waals surface area contributed by atoms with Gasteiger partial charge in [0.1, 0.15) is 0 Å². The Bertz CT molecular complexity index is 588. The third-order valence-electron chi connectivity index (χ3n) is 3.96. The molecule has 0 aromatic heterocycles. The molecule has 0 aliphatic heterocycles. The number of nitrogens with zero attached hydrogens (tertiary/aromatic N) is 1. The minimum absolute atomic E-state index is 0.0238. The summed E-state index contributed by atoms with van der Waals surface area (Å²) in [6.07, 6.45) is 2.19. The quantitative estimate of drug-likeness (QED) is 0.928. The van der Waals surface area contributed by atoms with E-state index in [1.807, 2.05) is 6.92 Å². The van der Waals surface area contributed by atoms with Crippen LogP contribution in [0, 0.1) is 12.8 Å². The van der Waals surface area contributed by atoms with Crippen molar-refractivity contribution in [3.63, 3.8) is 0 Å². The van der Waals surface area contributed by atoms with Gasteiger partial charge in [-0.05, 0) is 43.4 Å². The highest BCUT2D eigenvalue weighted by Crippen LogP contribution is 2.28. The lowest BCUT2D eigenvalue weighted by Gasteiger charge is -2.23. The third-order valence-corrected chi connectivity index (χ3v) is 6.19. The maximum absolute atomic E-state index is 12.5. The normalized spacial score (nSPS) is 23.4. The summed E-state index contributed by atoms with van der Waals surface area (Å²) >= 11 is 6.00. The van der Waals surface area contributed by atoms with Crippen molar-refractivity contribution in [2.75, 3.05) is 13.6 Å². The Labute approximate surface area is 125 Å². The number of rotatable bonds is 4. The second kappa shape index (κ2) is 6.02. The number of hydrogen-bond donors (Lipinski definition) is 1. The zero-order valence-corrected chi connectivity index (χ0v) is 13.3. The maximum atomic E-state index is 12.5. The fraction of sp³-hybridized carbons (Fsp3) is 0.571. The maximum Gasteiger partial charge on any atom is 0.242 e. The molecule has 1 fully saturated rings. The molecule has 1 aliphatic carbocycles. The van der Waals surface area contributed by atoms with Gasteiger partial charge in [-0.15, -0.1) is 0 Å². The Hall–Kier alpha value is -0.620. The Morgan fingerprint density at radius 2 is 2.10 bits per heavy atom. The van der Waals surface area contributed by atoms with Gasteiger partial charge in [0.05, 0.1) is 11.0 Å². The summed E-state index contributed by atoms with van der Waals surface area (Å²) in [7, 11) is -2.00. The van der Waals surface area contributed by atoms with Crippen molar-refractivity contribution in [1.29, 1.82) is 0 Å². The lowest BCUT2D eigenvalue weighted by Crippen LogP contribution is -2.34. The van der Waals surface area contributed by atoms with E-state index >= 15 is 0 Å². The van der Waals surface area contributed by atoms with Crippen molar-refractivity contribution < 1.29 is 13.5 Å². The highest BCUT2D eigenvalue weighted by Gasteiger charge is 2.30. The summed E-state index contributed by atoms with van der Waals surface area (Å²) in [5, 5.41) is 10.3. The van der Waals surface area contributed by atoms with Crippen LogP contribution in [0.5, 0.6) is 0 Å². The number of benzene rings is 1. The van der Waals surface area contributed by atoms with Crippen LogP contribution >= 0.6 is 11.6 Å². The van der Waals surface area contributed by atoms with Crippen LogP contribution in [0.15, 0.2) is 23.1 Å². The molecule has 0 spiro atoms. The minimum Gasteiger partial charge on any atom is -0.393 e. The molecule has 20 heavy (non-hydrogen) atoms. The van der Waals surface area contributed by atoms with Crippen molar-refractivity contribution in [2.45, 2.75) is 37.2 Å². The highest BCUT2D eigenvalue weighted by atomic mass is 35.5. The summed E-state index contributed by atoms with van der Waals surface area (Å²) in [6.45, 7) is 2.17. The molecule has 0 saturated heterocycles. The van der Waals surface area contributed by atoms with E-state index in [0.717, 1.165) is 24.8 Å². The number of halogens is 1. The van der Waals surface area contributed by atoms with E-state index in [4.69, 9.17) is 11.6 Å². The van der Waals surface area contributed by atoms with Crippen molar-refractivity contribution in [3.8, 4) is 0 Å². The first-order chi connectivity index (χ1) is 9.32. The van der Waals surface area contributed by atoms with Crippen LogP contribution in [-0.4, -0.2) is 37.5 Å². The van der Waals surface area contributed by atoms with E-state index in [-0.39, 0.29) is 10.8 Å². The van der Waals surface area contributed by atoms with E-state index < -0.39 is 16.1 Å².